The molecule has 2 heterocycles. The zero-order valence-electron chi connectivity index (χ0n) is 12.9. The normalized spacial score (nSPS) is 21.6. The first-order chi connectivity index (χ1) is 11.5. The van der Waals surface area contributed by atoms with Gasteiger partial charge in [-0.15, -0.1) is 0 Å². The summed E-state index contributed by atoms with van der Waals surface area (Å²) in [5.41, 5.74) is 0.575. The van der Waals surface area contributed by atoms with Crippen LogP contribution in [-0.4, -0.2) is 32.0 Å². The van der Waals surface area contributed by atoms with Crippen molar-refractivity contribution in [1.82, 2.24) is 19.7 Å². The number of anilines is 1. The number of alkyl halides is 3. The highest BCUT2D eigenvalue weighted by atomic mass is 19.4. The molecule has 1 aliphatic carbocycles. The van der Waals surface area contributed by atoms with Crippen LogP contribution in [0.15, 0.2) is 12.5 Å². The van der Waals surface area contributed by atoms with Gasteiger partial charge in [-0.05, 0) is 19.3 Å². The summed E-state index contributed by atoms with van der Waals surface area (Å²) in [6.45, 7) is 0.413. The molecule has 1 aliphatic rings. The van der Waals surface area contributed by atoms with Gasteiger partial charge in [0.05, 0.1) is 36.5 Å². The standard InChI is InChI=1S/C15H17F3N6/c16-15(17,18)10-3-1-4-11(7-10)23-13-12-8-22-24(6-2-5-19)14(12)21-9-20-13/h8-11H,1-4,6-7H2,(H,20,21,23)/t10-,11+/m0/s1. The van der Waals surface area contributed by atoms with Gasteiger partial charge in [0.2, 0.25) is 0 Å². The largest absolute Gasteiger partial charge is 0.391 e. The minimum atomic E-state index is -4.15. The minimum Gasteiger partial charge on any atom is -0.367 e. The van der Waals surface area contributed by atoms with E-state index in [1.165, 1.54) is 6.33 Å². The zero-order valence-corrected chi connectivity index (χ0v) is 12.9. The Labute approximate surface area is 136 Å². The van der Waals surface area contributed by atoms with E-state index in [4.69, 9.17) is 5.26 Å². The first-order valence-electron chi connectivity index (χ1n) is 7.85. The lowest BCUT2D eigenvalue weighted by Crippen LogP contribution is -2.34. The highest BCUT2D eigenvalue weighted by Gasteiger charge is 2.42. The second kappa shape index (κ2) is 6.63. The van der Waals surface area contributed by atoms with Crippen molar-refractivity contribution in [1.29, 1.82) is 5.26 Å². The van der Waals surface area contributed by atoms with E-state index in [1.807, 2.05) is 6.07 Å². The molecule has 0 aliphatic heterocycles. The van der Waals surface area contributed by atoms with Crippen LogP contribution in [0, 0.1) is 17.2 Å². The number of nitriles is 1. The zero-order chi connectivity index (χ0) is 17.2. The highest BCUT2D eigenvalue weighted by Crippen LogP contribution is 2.38. The molecule has 1 N–H and O–H groups in total. The summed E-state index contributed by atoms with van der Waals surface area (Å²) >= 11 is 0. The van der Waals surface area contributed by atoms with Crippen LogP contribution in [0.2, 0.25) is 0 Å². The maximum Gasteiger partial charge on any atom is 0.391 e. The van der Waals surface area contributed by atoms with Gasteiger partial charge in [-0.1, -0.05) is 6.42 Å². The van der Waals surface area contributed by atoms with Crippen LogP contribution in [0.1, 0.15) is 32.1 Å². The molecule has 3 rings (SSSR count). The smallest absolute Gasteiger partial charge is 0.367 e. The summed E-state index contributed by atoms with van der Waals surface area (Å²) in [5.74, 6) is -0.768. The maximum atomic E-state index is 12.9. The Kier molecular flexibility index (Phi) is 4.55. The molecule has 2 atom stereocenters. The Balaban J connectivity index is 1.78. The molecule has 0 unspecified atom stereocenters. The quantitative estimate of drug-likeness (QED) is 0.925. The van der Waals surface area contributed by atoms with E-state index in [-0.39, 0.29) is 18.9 Å². The average Bonchev–Trinajstić information content (AvgIpc) is 2.97. The van der Waals surface area contributed by atoms with Gasteiger partial charge in [0.15, 0.2) is 5.65 Å². The van der Waals surface area contributed by atoms with Gasteiger partial charge in [-0.3, -0.25) is 0 Å². The van der Waals surface area contributed by atoms with E-state index in [0.717, 1.165) is 0 Å². The van der Waals surface area contributed by atoms with Crippen LogP contribution in [0.4, 0.5) is 19.0 Å². The molecule has 0 bridgehead atoms. The van der Waals surface area contributed by atoms with Crippen LogP contribution in [0.25, 0.3) is 11.0 Å². The Morgan fingerprint density at radius 3 is 2.92 bits per heavy atom. The van der Waals surface area contributed by atoms with Gasteiger partial charge in [0.1, 0.15) is 12.1 Å². The van der Waals surface area contributed by atoms with Crippen LogP contribution in [0.3, 0.4) is 0 Å². The van der Waals surface area contributed by atoms with Crippen molar-refractivity contribution in [2.24, 2.45) is 5.92 Å². The molecule has 128 valence electrons. The van der Waals surface area contributed by atoms with Crippen molar-refractivity contribution < 1.29 is 13.2 Å². The van der Waals surface area contributed by atoms with Crippen molar-refractivity contribution in [3.8, 4) is 6.07 Å². The fourth-order valence-electron chi connectivity index (χ4n) is 3.14. The minimum absolute atomic E-state index is 0.0531. The summed E-state index contributed by atoms with van der Waals surface area (Å²) in [6, 6.07) is 1.77. The molecule has 0 spiro atoms. The predicted octanol–water partition coefficient (Wildman–Crippen LogP) is 3.27. The molecule has 0 radical (unpaired) electrons. The molecule has 24 heavy (non-hydrogen) atoms. The fraction of sp³-hybridized carbons (Fsp3) is 0.600. The van der Waals surface area contributed by atoms with E-state index in [0.29, 0.717) is 42.7 Å². The number of fused-ring (bicyclic) bond motifs is 1. The first kappa shape index (κ1) is 16.5. The predicted molar refractivity (Wildman–Crippen MR) is 81.0 cm³/mol. The number of halogens is 3. The number of aromatic nitrogens is 4. The van der Waals surface area contributed by atoms with Crippen molar-refractivity contribution in [3.05, 3.63) is 12.5 Å². The lowest BCUT2D eigenvalue weighted by Gasteiger charge is -2.31. The Hall–Kier alpha value is -2.37. The molecular weight excluding hydrogens is 321 g/mol. The Morgan fingerprint density at radius 1 is 1.33 bits per heavy atom. The summed E-state index contributed by atoms with van der Waals surface area (Å²) < 4.78 is 40.4. The van der Waals surface area contributed by atoms with Crippen molar-refractivity contribution >= 4 is 16.9 Å². The second-order valence-electron chi connectivity index (χ2n) is 5.98. The SMILES string of the molecule is N#CCCn1ncc2c(N[C@@H]3CCC[C@H](C(F)(F)F)C3)ncnc21. The van der Waals surface area contributed by atoms with Crippen LogP contribution < -0.4 is 5.32 Å². The number of aryl methyl sites for hydroxylation is 1. The van der Waals surface area contributed by atoms with Gasteiger partial charge >= 0.3 is 6.18 Å². The summed E-state index contributed by atoms with van der Waals surface area (Å²) in [7, 11) is 0. The van der Waals surface area contributed by atoms with E-state index in [1.54, 1.807) is 10.9 Å². The number of hydrogen-bond acceptors (Lipinski definition) is 5. The molecule has 1 saturated carbocycles. The Bertz CT molecular complexity index is 748. The van der Waals surface area contributed by atoms with Crippen molar-refractivity contribution in [2.45, 2.75) is 50.9 Å². The van der Waals surface area contributed by atoms with Crippen molar-refractivity contribution in [3.63, 3.8) is 0 Å². The highest BCUT2D eigenvalue weighted by molar-refractivity contribution is 5.86. The molecule has 2 aromatic heterocycles. The molecule has 0 aromatic carbocycles. The topological polar surface area (TPSA) is 79.4 Å². The molecule has 2 aromatic rings. The van der Waals surface area contributed by atoms with Crippen LogP contribution >= 0.6 is 0 Å². The fourth-order valence-corrected chi connectivity index (χ4v) is 3.14. The van der Waals surface area contributed by atoms with Gasteiger partial charge in [-0.25, -0.2) is 14.6 Å². The number of rotatable bonds is 4. The lowest BCUT2D eigenvalue weighted by molar-refractivity contribution is -0.182. The number of hydrogen-bond donors (Lipinski definition) is 1. The van der Waals surface area contributed by atoms with Gasteiger partial charge in [0, 0.05) is 6.04 Å². The van der Waals surface area contributed by atoms with Crippen LogP contribution in [0.5, 0.6) is 0 Å². The molecule has 6 nitrogen and oxygen atoms in total. The average molecular weight is 338 g/mol. The first-order valence-corrected chi connectivity index (χ1v) is 7.85. The van der Waals surface area contributed by atoms with Gasteiger partial charge < -0.3 is 5.32 Å². The summed E-state index contributed by atoms with van der Waals surface area (Å²) in [5, 5.41) is 16.6. The van der Waals surface area contributed by atoms with Gasteiger partial charge in [0.25, 0.3) is 0 Å². The third-order valence-corrected chi connectivity index (χ3v) is 4.35. The molecular formula is C15H17F3N6. The van der Waals surface area contributed by atoms with E-state index >= 15 is 0 Å². The maximum absolute atomic E-state index is 12.9. The van der Waals surface area contributed by atoms with Gasteiger partial charge in [-0.2, -0.15) is 23.5 Å². The van der Waals surface area contributed by atoms with Crippen LogP contribution in [-0.2, 0) is 6.54 Å². The second-order valence-corrected chi connectivity index (χ2v) is 5.98. The third kappa shape index (κ3) is 3.42. The molecule has 0 amide bonds. The molecule has 0 saturated heterocycles. The molecule has 1 fully saturated rings. The van der Waals surface area contributed by atoms with E-state index in [2.05, 4.69) is 20.4 Å². The van der Waals surface area contributed by atoms with Crippen molar-refractivity contribution in [2.75, 3.05) is 5.32 Å². The van der Waals surface area contributed by atoms with E-state index < -0.39 is 12.1 Å². The molecule has 9 heteroatoms. The van der Waals surface area contributed by atoms with E-state index in [9.17, 15) is 13.2 Å². The number of nitrogens with zero attached hydrogens (tertiary/aromatic N) is 5. The Morgan fingerprint density at radius 2 is 2.17 bits per heavy atom. The summed E-state index contributed by atoms with van der Waals surface area (Å²) in [4.78, 5) is 8.32. The monoisotopic (exact) mass is 338 g/mol. The summed E-state index contributed by atoms with van der Waals surface area (Å²) in [6.07, 6.45) is 0.560. The number of nitrogens with one attached hydrogen (secondary N) is 1. The lowest BCUT2D eigenvalue weighted by atomic mass is 9.85. The third-order valence-electron chi connectivity index (χ3n) is 4.35.